The number of carbonyl (C=O) groups is 2. The predicted octanol–water partition coefficient (Wildman–Crippen LogP) is 2.37. The zero-order valence-corrected chi connectivity index (χ0v) is 13.3. The first-order chi connectivity index (χ1) is 11.7. The maximum Gasteiger partial charge on any atom is 0.273 e. The molecule has 0 bridgehead atoms. The molecule has 2 amide bonds. The Morgan fingerprint density at radius 2 is 1.92 bits per heavy atom. The lowest BCUT2D eigenvalue weighted by atomic mass is 10.2. The highest BCUT2D eigenvalue weighted by Gasteiger charge is 2.34. The van der Waals surface area contributed by atoms with Crippen LogP contribution in [0.5, 0.6) is 0 Å². The monoisotopic (exact) mass is 325 g/mol. The molecular formula is C18H19N3O3. The Balaban J connectivity index is 1.46. The van der Waals surface area contributed by atoms with Gasteiger partial charge >= 0.3 is 0 Å². The molecule has 2 fully saturated rings. The van der Waals surface area contributed by atoms with E-state index in [1.165, 1.54) is 6.26 Å². The molecule has 0 unspecified atom stereocenters. The van der Waals surface area contributed by atoms with Gasteiger partial charge in [-0.1, -0.05) is 18.2 Å². The van der Waals surface area contributed by atoms with Gasteiger partial charge in [0.25, 0.3) is 11.8 Å². The molecule has 124 valence electrons. The van der Waals surface area contributed by atoms with Gasteiger partial charge in [-0.2, -0.15) is 0 Å². The second kappa shape index (κ2) is 6.11. The fourth-order valence-electron chi connectivity index (χ4n) is 2.62. The molecule has 4 rings (SSSR count). The van der Waals surface area contributed by atoms with Gasteiger partial charge in [-0.25, -0.2) is 4.98 Å². The van der Waals surface area contributed by atoms with Crippen LogP contribution in [0.2, 0.25) is 0 Å². The molecule has 2 aliphatic carbocycles. The minimum atomic E-state index is -0.208. The summed E-state index contributed by atoms with van der Waals surface area (Å²) in [6, 6.07) is 9.71. The van der Waals surface area contributed by atoms with E-state index in [0.29, 0.717) is 11.5 Å². The summed E-state index contributed by atoms with van der Waals surface area (Å²) in [4.78, 5) is 30.7. The van der Waals surface area contributed by atoms with Crippen LogP contribution in [-0.4, -0.2) is 33.8 Å². The first-order valence-corrected chi connectivity index (χ1v) is 8.32. The second-order valence-electron chi connectivity index (χ2n) is 6.40. The van der Waals surface area contributed by atoms with Crippen LogP contribution in [0, 0.1) is 0 Å². The van der Waals surface area contributed by atoms with Crippen LogP contribution in [0.25, 0.3) is 0 Å². The van der Waals surface area contributed by atoms with Crippen molar-refractivity contribution in [3.8, 4) is 0 Å². The van der Waals surface area contributed by atoms with Crippen LogP contribution < -0.4 is 5.32 Å². The third-order valence-corrected chi connectivity index (χ3v) is 4.27. The second-order valence-corrected chi connectivity index (χ2v) is 6.40. The highest BCUT2D eigenvalue weighted by molar-refractivity contribution is 5.94. The number of rotatable bonds is 6. The normalized spacial score (nSPS) is 16.7. The van der Waals surface area contributed by atoms with E-state index in [2.05, 4.69) is 10.3 Å². The van der Waals surface area contributed by atoms with E-state index in [-0.39, 0.29) is 36.1 Å². The summed E-state index contributed by atoms with van der Waals surface area (Å²) in [6.45, 7) is 0.287. The molecule has 0 spiro atoms. The molecule has 0 saturated heterocycles. The molecule has 6 heteroatoms. The topological polar surface area (TPSA) is 75.4 Å². The summed E-state index contributed by atoms with van der Waals surface area (Å²) in [6.07, 6.45) is 5.41. The van der Waals surface area contributed by atoms with E-state index in [1.807, 2.05) is 30.3 Å². The quantitative estimate of drug-likeness (QED) is 0.885. The molecule has 1 aromatic heterocycles. The van der Waals surface area contributed by atoms with Crippen molar-refractivity contribution in [3.05, 3.63) is 53.7 Å². The fraction of sp³-hybridized carbons (Fsp3) is 0.389. The largest absolute Gasteiger partial charge is 0.446 e. The van der Waals surface area contributed by atoms with Gasteiger partial charge in [0.2, 0.25) is 5.89 Å². The predicted molar refractivity (Wildman–Crippen MR) is 86.3 cm³/mol. The molecule has 24 heavy (non-hydrogen) atoms. The number of benzene rings is 1. The van der Waals surface area contributed by atoms with Crippen molar-refractivity contribution in [1.29, 1.82) is 0 Å². The maximum absolute atomic E-state index is 12.7. The van der Waals surface area contributed by atoms with Crippen molar-refractivity contribution in [2.24, 2.45) is 0 Å². The van der Waals surface area contributed by atoms with E-state index >= 15 is 0 Å². The minimum Gasteiger partial charge on any atom is -0.446 e. The molecule has 2 aliphatic rings. The summed E-state index contributed by atoms with van der Waals surface area (Å²) in [7, 11) is 0. The highest BCUT2D eigenvalue weighted by Crippen LogP contribution is 2.29. The first-order valence-electron chi connectivity index (χ1n) is 8.32. The van der Waals surface area contributed by atoms with Gasteiger partial charge in [0.05, 0.1) is 6.54 Å². The van der Waals surface area contributed by atoms with E-state index in [4.69, 9.17) is 4.42 Å². The van der Waals surface area contributed by atoms with Gasteiger partial charge in [0, 0.05) is 17.6 Å². The van der Waals surface area contributed by atoms with Gasteiger partial charge in [0.15, 0.2) is 5.69 Å². The Bertz CT molecular complexity index is 748. The average molecular weight is 325 g/mol. The zero-order valence-electron chi connectivity index (χ0n) is 13.3. The Hall–Kier alpha value is -2.63. The van der Waals surface area contributed by atoms with Crippen LogP contribution in [0.1, 0.15) is 52.4 Å². The Kier molecular flexibility index (Phi) is 3.80. The van der Waals surface area contributed by atoms with Crippen molar-refractivity contribution in [3.63, 3.8) is 0 Å². The summed E-state index contributed by atoms with van der Waals surface area (Å²) < 4.78 is 5.42. The summed E-state index contributed by atoms with van der Waals surface area (Å²) >= 11 is 0. The molecule has 1 heterocycles. The smallest absolute Gasteiger partial charge is 0.273 e. The Morgan fingerprint density at radius 3 is 2.58 bits per heavy atom. The van der Waals surface area contributed by atoms with Crippen molar-refractivity contribution >= 4 is 11.8 Å². The lowest BCUT2D eigenvalue weighted by molar-refractivity contribution is 0.0714. The van der Waals surface area contributed by atoms with E-state index in [1.54, 1.807) is 4.90 Å². The number of nitrogens with one attached hydrogen (secondary N) is 1. The fourth-order valence-corrected chi connectivity index (χ4v) is 2.62. The number of hydrogen-bond acceptors (Lipinski definition) is 4. The molecule has 0 radical (unpaired) electrons. The lowest BCUT2D eigenvalue weighted by Gasteiger charge is -2.20. The van der Waals surface area contributed by atoms with Gasteiger partial charge in [-0.15, -0.1) is 0 Å². The number of hydrogen-bond donors (Lipinski definition) is 1. The highest BCUT2D eigenvalue weighted by atomic mass is 16.3. The van der Waals surface area contributed by atoms with Gasteiger partial charge < -0.3 is 14.6 Å². The third-order valence-electron chi connectivity index (χ3n) is 4.27. The molecule has 0 atom stereocenters. The van der Waals surface area contributed by atoms with Crippen LogP contribution in [0.3, 0.4) is 0 Å². The van der Waals surface area contributed by atoms with Crippen LogP contribution in [0.4, 0.5) is 0 Å². The van der Waals surface area contributed by atoms with E-state index in [9.17, 15) is 9.59 Å². The number of oxazole rings is 1. The standard InChI is InChI=1S/C18H19N3O3/c22-17(19-13-6-7-13)15-11-24-16(20-15)10-21(14-8-9-14)18(23)12-4-2-1-3-5-12/h1-5,11,13-14H,6-10H2,(H,19,22). The van der Waals surface area contributed by atoms with Crippen LogP contribution >= 0.6 is 0 Å². The summed E-state index contributed by atoms with van der Waals surface area (Å²) in [5, 5.41) is 2.88. The van der Waals surface area contributed by atoms with Crippen molar-refractivity contribution < 1.29 is 14.0 Å². The lowest BCUT2D eigenvalue weighted by Crippen LogP contribution is -2.32. The van der Waals surface area contributed by atoms with Crippen molar-refractivity contribution in [1.82, 2.24) is 15.2 Å². The van der Waals surface area contributed by atoms with Gasteiger partial charge in [0.1, 0.15) is 6.26 Å². The van der Waals surface area contributed by atoms with Gasteiger partial charge in [-0.05, 0) is 37.8 Å². The van der Waals surface area contributed by atoms with E-state index < -0.39 is 0 Å². The van der Waals surface area contributed by atoms with Crippen LogP contribution in [0.15, 0.2) is 41.0 Å². The van der Waals surface area contributed by atoms with Crippen LogP contribution in [-0.2, 0) is 6.54 Å². The Morgan fingerprint density at radius 1 is 1.17 bits per heavy atom. The SMILES string of the molecule is O=C(NC1CC1)c1coc(CN(C(=O)c2ccccc2)C2CC2)n1. The number of nitrogens with zero attached hydrogens (tertiary/aromatic N) is 2. The number of carbonyl (C=O) groups excluding carboxylic acids is 2. The van der Waals surface area contributed by atoms with Crippen molar-refractivity contribution in [2.45, 2.75) is 44.3 Å². The van der Waals surface area contributed by atoms with Crippen molar-refractivity contribution in [2.75, 3.05) is 0 Å². The molecule has 1 N–H and O–H groups in total. The van der Waals surface area contributed by atoms with E-state index in [0.717, 1.165) is 25.7 Å². The summed E-state index contributed by atoms with van der Waals surface area (Å²) in [5.74, 6) is 0.160. The molecule has 1 aromatic carbocycles. The molecule has 2 aromatic rings. The Labute approximate surface area is 139 Å². The minimum absolute atomic E-state index is 0.0275. The average Bonchev–Trinajstić information content (AvgIpc) is 3.53. The maximum atomic E-state index is 12.7. The zero-order chi connectivity index (χ0) is 16.5. The molecule has 6 nitrogen and oxygen atoms in total. The first kappa shape index (κ1) is 14.9. The number of aromatic nitrogens is 1. The van der Waals surface area contributed by atoms with Gasteiger partial charge in [-0.3, -0.25) is 9.59 Å². The molecule has 2 saturated carbocycles. The third kappa shape index (κ3) is 3.32. The molecule has 0 aliphatic heterocycles. The molecular weight excluding hydrogens is 306 g/mol. The summed E-state index contributed by atoms with van der Waals surface area (Å²) in [5.41, 5.74) is 0.933. The number of amides is 2.